The van der Waals surface area contributed by atoms with Gasteiger partial charge in [0.25, 0.3) is 0 Å². The van der Waals surface area contributed by atoms with Gasteiger partial charge in [0.05, 0.1) is 19.7 Å². The molecule has 0 radical (unpaired) electrons. The van der Waals surface area contributed by atoms with Gasteiger partial charge in [-0.3, -0.25) is 5.84 Å². The molecule has 3 aromatic rings. The van der Waals surface area contributed by atoms with Gasteiger partial charge in [-0.25, -0.2) is 4.57 Å². The van der Waals surface area contributed by atoms with E-state index in [9.17, 15) is 0 Å². The lowest BCUT2D eigenvalue weighted by molar-refractivity contribution is -0.633. The molecule has 4 heteroatoms. The van der Waals surface area contributed by atoms with Crippen LogP contribution in [0.4, 0.5) is 0 Å². The molecule has 2 N–H and O–H groups in total. The minimum atomic E-state index is 0.839. The third kappa shape index (κ3) is 1.73. The lowest BCUT2D eigenvalue weighted by Crippen LogP contribution is -2.31. The van der Waals surface area contributed by atoms with E-state index in [1.807, 2.05) is 49.5 Å². The van der Waals surface area contributed by atoms with Crippen LogP contribution in [-0.2, 0) is 7.05 Å². The molecule has 96 valence electrons. The second-order valence-corrected chi connectivity index (χ2v) is 4.47. The average molecular weight is 254 g/mol. The van der Waals surface area contributed by atoms with E-state index < -0.39 is 0 Å². The van der Waals surface area contributed by atoms with Crippen molar-refractivity contribution in [2.75, 3.05) is 13.0 Å². The number of aromatic nitrogens is 2. The van der Waals surface area contributed by atoms with Crippen molar-refractivity contribution in [2.45, 2.75) is 0 Å². The van der Waals surface area contributed by atoms with Gasteiger partial charge in [0.2, 0.25) is 0 Å². The Morgan fingerprint density at radius 3 is 2.37 bits per heavy atom. The largest absolute Gasteiger partial charge is 0.497 e. The highest BCUT2D eigenvalue weighted by Crippen LogP contribution is 2.22. The second-order valence-electron chi connectivity index (χ2n) is 4.47. The highest BCUT2D eigenvalue weighted by atomic mass is 16.5. The summed E-state index contributed by atoms with van der Waals surface area (Å²) in [5.41, 5.74) is 3.17. The van der Waals surface area contributed by atoms with Gasteiger partial charge in [-0.15, -0.1) is 4.68 Å². The van der Waals surface area contributed by atoms with Crippen molar-refractivity contribution < 1.29 is 9.30 Å². The molecule has 0 amide bonds. The fraction of sp³-hybridized carbons (Fsp3) is 0.133. The molecule has 1 aromatic heterocycles. The van der Waals surface area contributed by atoms with E-state index in [1.165, 1.54) is 0 Å². The van der Waals surface area contributed by atoms with Crippen molar-refractivity contribution in [3.63, 3.8) is 0 Å². The summed E-state index contributed by atoms with van der Waals surface area (Å²) in [5.74, 6) is 8.01. The van der Waals surface area contributed by atoms with Crippen LogP contribution in [0.25, 0.3) is 22.4 Å². The van der Waals surface area contributed by atoms with Crippen LogP contribution < -0.4 is 15.1 Å². The zero-order valence-electron chi connectivity index (χ0n) is 11.0. The van der Waals surface area contributed by atoms with Crippen LogP contribution in [-0.4, -0.2) is 11.8 Å². The quantitative estimate of drug-likeness (QED) is 0.560. The van der Waals surface area contributed by atoms with Crippen LogP contribution >= 0.6 is 0 Å². The molecule has 19 heavy (non-hydrogen) atoms. The second kappa shape index (κ2) is 4.31. The SMILES string of the molecule is COc1ccc(-c2n(N)c3ccccc3[n+]2C)cc1. The molecule has 0 atom stereocenters. The van der Waals surface area contributed by atoms with Crippen LogP contribution in [0, 0.1) is 0 Å². The molecule has 0 bridgehead atoms. The smallest absolute Gasteiger partial charge is 0.312 e. The van der Waals surface area contributed by atoms with E-state index in [-0.39, 0.29) is 0 Å². The van der Waals surface area contributed by atoms with E-state index >= 15 is 0 Å². The van der Waals surface area contributed by atoms with Crippen molar-refractivity contribution in [1.82, 2.24) is 4.68 Å². The van der Waals surface area contributed by atoms with Crippen LogP contribution in [0.1, 0.15) is 0 Å². The summed E-state index contributed by atoms with van der Waals surface area (Å²) < 4.78 is 8.99. The topological polar surface area (TPSA) is 44.1 Å². The first-order valence-electron chi connectivity index (χ1n) is 6.11. The zero-order valence-corrected chi connectivity index (χ0v) is 11.0. The molecule has 0 aliphatic rings. The Morgan fingerprint density at radius 1 is 1.05 bits per heavy atom. The van der Waals surface area contributed by atoms with Crippen molar-refractivity contribution in [2.24, 2.45) is 7.05 Å². The van der Waals surface area contributed by atoms with E-state index in [4.69, 9.17) is 10.6 Å². The summed E-state index contributed by atoms with van der Waals surface area (Å²) in [6, 6.07) is 16.0. The van der Waals surface area contributed by atoms with Crippen LogP contribution in [0.3, 0.4) is 0 Å². The van der Waals surface area contributed by atoms with Gasteiger partial charge < -0.3 is 4.74 Å². The number of nitrogen functional groups attached to an aromatic ring is 1. The number of hydrogen-bond donors (Lipinski definition) is 1. The summed E-state index contributed by atoms with van der Waals surface area (Å²) >= 11 is 0. The van der Waals surface area contributed by atoms with Gasteiger partial charge in [-0.1, -0.05) is 12.1 Å². The van der Waals surface area contributed by atoms with Crippen molar-refractivity contribution in [3.8, 4) is 17.1 Å². The number of methoxy groups -OCH3 is 1. The molecule has 0 fully saturated rings. The lowest BCUT2D eigenvalue weighted by atomic mass is 10.2. The van der Waals surface area contributed by atoms with Gasteiger partial charge in [-0.2, -0.15) is 0 Å². The number of fused-ring (bicyclic) bond motifs is 1. The normalized spacial score (nSPS) is 10.8. The number of nitrogens with zero attached hydrogens (tertiary/aromatic N) is 2. The standard InChI is InChI=1S/C15H16N3O/c1-17-13-5-3-4-6-14(13)18(16)15(17)11-7-9-12(19-2)10-8-11/h3-10H,16H2,1-2H3/q+1. The molecule has 2 aromatic carbocycles. The molecule has 0 saturated heterocycles. The highest BCUT2D eigenvalue weighted by Gasteiger charge is 2.22. The zero-order chi connectivity index (χ0) is 13.4. The fourth-order valence-electron chi connectivity index (χ4n) is 2.41. The van der Waals surface area contributed by atoms with Gasteiger partial charge in [-0.05, 0) is 36.4 Å². The Bertz CT molecular complexity index is 690. The number of benzene rings is 2. The molecular formula is C15H16N3O+. The van der Waals surface area contributed by atoms with Gasteiger partial charge in [0.1, 0.15) is 5.75 Å². The van der Waals surface area contributed by atoms with Gasteiger partial charge in [0, 0.05) is 0 Å². The van der Waals surface area contributed by atoms with Crippen LogP contribution in [0.5, 0.6) is 5.75 Å². The summed E-state index contributed by atoms with van der Waals surface area (Å²) in [6.45, 7) is 0. The number of aryl methyl sites for hydroxylation is 1. The fourth-order valence-corrected chi connectivity index (χ4v) is 2.41. The summed E-state index contributed by atoms with van der Waals surface area (Å²) in [4.78, 5) is 0. The lowest BCUT2D eigenvalue weighted by Gasteiger charge is -2.01. The number of ether oxygens (including phenoxy) is 1. The van der Waals surface area contributed by atoms with Crippen LogP contribution in [0.2, 0.25) is 0 Å². The number of hydrogen-bond acceptors (Lipinski definition) is 2. The minimum absolute atomic E-state index is 0.839. The van der Waals surface area contributed by atoms with Crippen LogP contribution in [0.15, 0.2) is 48.5 Å². The Hall–Kier alpha value is -2.49. The van der Waals surface area contributed by atoms with Gasteiger partial charge in [0.15, 0.2) is 11.0 Å². The number of nitrogens with two attached hydrogens (primary N) is 1. The molecular weight excluding hydrogens is 238 g/mol. The average Bonchev–Trinajstić information content (AvgIpc) is 2.72. The number of imidazole rings is 1. The molecule has 1 heterocycles. The maximum absolute atomic E-state index is 6.21. The number of rotatable bonds is 2. The Kier molecular flexibility index (Phi) is 2.63. The maximum atomic E-state index is 6.21. The third-order valence-corrected chi connectivity index (χ3v) is 3.40. The van der Waals surface area contributed by atoms with Crippen molar-refractivity contribution in [1.29, 1.82) is 0 Å². The first-order chi connectivity index (χ1) is 9.22. The number of para-hydroxylation sites is 2. The molecule has 3 rings (SSSR count). The van der Waals surface area contributed by atoms with Gasteiger partial charge >= 0.3 is 5.82 Å². The summed E-state index contributed by atoms with van der Waals surface area (Å²) in [6.07, 6.45) is 0. The molecule has 0 aliphatic carbocycles. The molecule has 0 spiro atoms. The Labute approximate surface area is 111 Å². The Balaban J connectivity index is 2.24. The first kappa shape index (κ1) is 11.6. The molecule has 0 unspecified atom stereocenters. The summed E-state index contributed by atoms with van der Waals surface area (Å²) in [7, 11) is 3.68. The molecule has 4 nitrogen and oxygen atoms in total. The predicted octanol–water partition coefficient (Wildman–Crippen LogP) is 1.86. The van der Waals surface area contributed by atoms with E-state index in [1.54, 1.807) is 11.8 Å². The van der Waals surface area contributed by atoms with E-state index in [0.29, 0.717) is 0 Å². The Morgan fingerprint density at radius 2 is 1.74 bits per heavy atom. The summed E-state index contributed by atoms with van der Waals surface area (Å²) in [5, 5.41) is 0. The van der Waals surface area contributed by atoms with Crippen molar-refractivity contribution >= 4 is 11.0 Å². The minimum Gasteiger partial charge on any atom is -0.497 e. The van der Waals surface area contributed by atoms with E-state index in [0.717, 1.165) is 28.2 Å². The highest BCUT2D eigenvalue weighted by molar-refractivity contribution is 5.76. The first-order valence-corrected chi connectivity index (χ1v) is 6.11. The van der Waals surface area contributed by atoms with Crippen molar-refractivity contribution in [3.05, 3.63) is 48.5 Å². The third-order valence-electron chi connectivity index (χ3n) is 3.40. The van der Waals surface area contributed by atoms with E-state index in [2.05, 4.69) is 10.6 Å². The predicted molar refractivity (Wildman–Crippen MR) is 75.3 cm³/mol. The monoisotopic (exact) mass is 254 g/mol. The molecule has 0 saturated carbocycles. The molecule has 0 aliphatic heterocycles. The maximum Gasteiger partial charge on any atom is 0.312 e.